The zero-order valence-electron chi connectivity index (χ0n) is 47.1. The molecule has 0 spiro atoms. The largest absolute Gasteiger partial charge is 0.462 e. The molecule has 0 radical (unpaired) electrons. The first kappa shape index (κ1) is 67.6. The van der Waals surface area contributed by atoms with Gasteiger partial charge in [0, 0.05) is 19.3 Å². The Morgan fingerprint density at radius 1 is 0.286 bits per heavy atom. The second-order valence-corrected chi connectivity index (χ2v) is 21.0. The molecular formula is C64H118O6. The van der Waals surface area contributed by atoms with Crippen molar-refractivity contribution in [2.75, 3.05) is 13.2 Å². The van der Waals surface area contributed by atoms with Crippen LogP contribution in [0.25, 0.3) is 0 Å². The monoisotopic (exact) mass is 983 g/mol. The summed E-state index contributed by atoms with van der Waals surface area (Å²) in [4.78, 5) is 37.8. The van der Waals surface area contributed by atoms with Gasteiger partial charge in [0.2, 0.25) is 0 Å². The minimum atomic E-state index is -0.770. The van der Waals surface area contributed by atoms with Crippen molar-refractivity contribution >= 4 is 17.9 Å². The summed E-state index contributed by atoms with van der Waals surface area (Å²) in [5, 5.41) is 0. The van der Waals surface area contributed by atoms with E-state index in [0.29, 0.717) is 19.3 Å². The van der Waals surface area contributed by atoms with Crippen LogP contribution in [0.5, 0.6) is 0 Å². The van der Waals surface area contributed by atoms with Crippen LogP contribution in [0.3, 0.4) is 0 Å². The Hall–Kier alpha value is -2.37. The second-order valence-electron chi connectivity index (χ2n) is 21.0. The van der Waals surface area contributed by atoms with Crippen molar-refractivity contribution in [1.82, 2.24) is 0 Å². The first-order valence-electron chi connectivity index (χ1n) is 31.0. The molecule has 0 saturated carbocycles. The van der Waals surface area contributed by atoms with Gasteiger partial charge < -0.3 is 14.2 Å². The molecule has 0 aliphatic carbocycles. The van der Waals surface area contributed by atoms with Gasteiger partial charge in [0.1, 0.15) is 13.2 Å². The number of hydrogen-bond acceptors (Lipinski definition) is 6. The van der Waals surface area contributed by atoms with E-state index >= 15 is 0 Å². The smallest absolute Gasteiger partial charge is 0.306 e. The van der Waals surface area contributed by atoms with E-state index in [2.05, 4.69) is 57.2 Å². The molecule has 0 saturated heterocycles. The molecule has 6 nitrogen and oxygen atoms in total. The topological polar surface area (TPSA) is 78.9 Å². The standard InChI is InChI=1S/C64H118O6/c1-4-7-10-13-15-17-19-21-23-25-26-27-28-29-30-31-32-33-34-35-36-37-38-39-41-42-44-46-48-51-54-57-63(66)69-60-61(59-68-62(65)56-53-50-12-9-6-3)70-64(67)58-55-52-49-47-45-43-40-24-22-20-18-16-14-11-8-5-2/h19,21,24-26,40,61H,4-18,20,22-23,27-39,41-60H2,1-3H3/b21-19-,26-25-,40-24-. The predicted octanol–water partition coefficient (Wildman–Crippen LogP) is 20.8. The minimum absolute atomic E-state index is 0.0718. The van der Waals surface area contributed by atoms with E-state index in [4.69, 9.17) is 14.2 Å². The van der Waals surface area contributed by atoms with Crippen molar-refractivity contribution < 1.29 is 28.6 Å². The van der Waals surface area contributed by atoms with Crippen LogP contribution in [0, 0.1) is 0 Å². The zero-order valence-corrected chi connectivity index (χ0v) is 47.1. The zero-order chi connectivity index (χ0) is 50.7. The SMILES string of the molecule is CCCCCCC/C=C\C/C=C\CCCCCCCCCCCCCCCCCCCCCC(=O)OCC(COC(=O)CCCCCCC)OC(=O)CCCCCCC/C=C\CCCCCCCCC. The lowest BCUT2D eigenvalue weighted by atomic mass is 10.0. The molecule has 0 heterocycles. The number of rotatable bonds is 57. The van der Waals surface area contributed by atoms with Crippen LogP contribution in [0.2, 0.25) is 0 Å². The molecule has 0 rings (SSSR count). The van der Waals surface area contributed by atoms with Crippen molar-refractivity contribution in [2.45, 2.75) is 341 Å². The molecule has 70 heavy (non-hydrogen) atoms. The molecule has 1 unspecified atom stereocenters. The maximum absolute atomic E-state index is 12.8. The predicted molar refractivity (Wildman–Crippen MR) is 302 cm³/mol. The van der Waals surface area contributed by atoms with E-state index in [-0.39, 0.29) is 31.1 Å². The normalized spacial score (nSPS) is 12.2. The van der Waals surface area contributed by atoms with Crippen molar-refractivity contribution in [2.24, 2.45) is 0 Å². The summed E-state index contributed by atoms with van der Waals surface area (Å²) in [7, 11) is 0. The van der Waals surface area contributed by atoms with Crippen molar-refractivity contribution in [1.29, 1.82) is 0 Å². The fourth-order valence-electron chi connectivity index (χ4n) is 9.18. The summed E-state index contributed by atoms with van der Waals surface area (Å²) < 4.78 is 16.7. The number of esters is 3. The van der Waals surface area contributed by atoms with E-state index in [1.807, 2.05) is 0 Å². The molecule has 0 fully saturated rings. The molecule has 0 aromatic rings. The summed E-state index contributed by atoms with van der Waals surface area (Å²) in [6.45, 7) is 6.58. The Morgan fingerprint density at radius 3 is 0.800 bits per heavy atom. The van der Waals surface area contributed by atoms with Gasteiger partial charge in [0.15, 0.2) is 6.10 Å². The summed E-state index contributed by atoms with van der Waals surface area (Å²) in [5.41, 5.74) is 0. The summed E-state index contributed by atoms with van der Waals surface area (Å²) >= 11 is 0. The second kappa shape index (κ2) is 59.2. The maximum Gasteiger partial charge on any atom is 0.306 e. The Balaban J connectivity index is 3.93. The molecule has 0 aliphatic rings. The Kier molecular flexibility index (Phi) is 57.2. The van der Waals surface area contributed by atoms with Crippen LogP contribution in [0.1, 0.15) is 335 Å². The molecule has 0 N–H and O–H groups in total. The van der Waals surface area contributed by atoms with Gasteiger partial charge in [-0.25, -0.2) is 0 Å². The van der Waals surface area contributed by atoms with E-state index < -0.39 is 6.10 Å². The molecule has 0 aliphatic heterocycles. The Morgan fingerprint density at radius 2 is 0.514 bits per heavy atom. The fourth-order valence-corrected chi connectivity index (χ4v) is 9.18. The van der Waals surface area contributed by atoms with Gasteiger partial charge in [-0.3, -0.25) is 14.4 Å². The first-order chi connectivity index (χ1) is 34.5. The molecule has 1 atom stereocenters. The van der Waals surface area contributed by atoms with Crippen LogP contribution in [0.15, 0.2) is 36.5 Å². The maximum atomic E-state index is 12.8. The third-order valence-electron chi connectivity index (χ3n) is 13.9. The lowest BCUT2D eigenvalue weighted by Gasteiger charge is -2.18. The fraction of sp³-hybridized carbons (Fsp3) is 0.859. The van der Waals surface area contributed by atoms with Crippen molar-refractivity contribution in [3.8, 4) is 0 Å². The lowest BCUT2D eigenvalue weighted by molar-refractivity contribution is -0.167. The summed E-state index contributed by atoms with van der Waals surface area (Å²) in [6, 6.07) is 0. The highest BCUT2D eigenvalue weighted by atomic mass is 16.6. The number of allylic oxidation sites excluding steroid dienone is 6. The average molecular weight is 984 g/mol. The van der Waals surface area contributed by atoms with E-state index in [1.165, 1.54) is 218 Å². The van der Waals surface area contributed by atoms with Gasteiger partial charge in [-0.05, 0) is 77.0 Å². The highest BCUT2D eigenvalue weighted by molar-refractivity contribution is 5.71. The number of carbonyl (C=O) groups excluding carboxylic acids is 3. The molecule has 410 valence electrons. The average Bonchev–Trinajstić information content (AvgIpc) is 3.36. The van der Waals surface area contributed by atoms with Gasteiger partial charge in [0.25, 0.3) is 0 Å². The Bertz CT molecular complexity index is 1170. The number of carbonyl (C=O) groups is 3. The van der Waals surface area contributed by atoms with Crippen LogP contribution in [-0.2, 0) is 28.6 Å². The third-order valence-corrected chi connectivity index (χ3v) is 13.9. The Labute approximate surface area is 435 Å². The molecule has 0 amide bonds. The van der Waals surface area contributed by atoms with Crippen molar-refractivity contribution in [3.05, 3.63) is 36.5 Å². The molecule has 0 aromatic carbocycles. The summed E-state index contributed by atoms with van der Waals surface area (Å²) in [5.74, 6) is -0.878. The van der Waals surface area contributed by atoms with Crippen molar-refractivity contribution in [3.63, 3.8) is 0 Å². The van der Waals surface area contributed by atoms with Gasteiger partial charge in [-0.1, -0.05) is 276 Å². The van der Waals surface area contributed by atoms with Gasteiger partial charge in [-0.2, -0.15) is 0 Å². The number of ether oxygens (including phenoxy) is 3. The van der Waals surface area contributed by atoms with E-state index in [0.717, 1.165) is 77.0 Å². The van der Waals surface area contributed by atoms with Crippen LogP contribution in [0.4, 0.5) is 0 Å². The lowest BCUT2D eigenvalue weighted by Crippen LogP contribution is -2.30. The molecule has 6 heteroatoms. The molecular weight excluding hydrogens is 865 g/mol. The highest BCUT2D eigenvalue weighted by Crippen LogP contribution is 2.17. The van der Waals surface area contributed by atoms with Gasteiger partial charge >= 0.3 is 17.9 Å². The van der Waals surface area contributed by atoms with Gasteiger partial charge in [0.05, 0.1) is 0 Å². The number of hydrogen-bond donors (Lipinski definition) is 0. The minimum Gasteiger partial charge on any atom is -0.462 e. The first-order valence-corrected chi connectivity index (χ1v) is 31.0. The van der Waals surface area contributed by atoms with E-state index in [1.54, 1.807) is 0 Å². The van der Waals surface area contributed by atoms with Crippen LogP contribution >= 0.6 is 0 Å². The molecule has 0 aromatic heterocycles. The quantitative estimate of drug-likeness (QED) is 0.0261. The molecule has 0 bridgehead atoms. The van der Waals surface area contributed by atoms with E-state index in [9.17, 15) is 14.4 Å². The summed E-state index contributed by atoms with van der Waals surface area (Å²) in [6.07, 6.45) is 72.1. The van der Waals surface area contributed by atoms with Crippen LogP contribution < -0.4 is 0 Å². The van der Waals surface area contributed by atoms with Crippen LogP contribution in [-0.4, -0.2) is 37.2 Å². The number of unbranched alkanes of at least 4 members (excludes halogenated alkanes) is 40. The highest BCUT2D eigenvalue weighted by Gasteiger charge is 2.19. The third kappa shape index (κ3) is 56.5. The van der Waals surface area contributed by atoms with Gasteiger partial charge in [-0.15, -0.1) is 0 Å².